The molecule has 2 aromatic carbocycles. The molecule has 1 saturated heterocycles. The molecule has 0 unspecified atom stereocenters. The second kappa shape index (κ2) is 10.2. The van der Waals surface area contributed by atoms with E-state index >= 15 is 0 Å². The van der Waals surface area contributed by atoms with Gasteiger partial charge in [-0.25, -0.2) is 8.42 Å². The van der Waals surface area contributed by atoms with E-state index in [4.69, 9.17) is 4.74 Å². The largest absolute Gasteiger partial charge is 0.494 e. The van der Waals surface area contributed by atoms with E-state index in [9.17, 15) is 8.42 Å². The van der Waals surface area contributed by atoms with Gasteiger partial charge in [0.1, 0.15) is 5.75 Å². The SMILES string of the molecule is C[C@@H]1CCCN1CCCOc1ccc(-c2ccc(S(=O)(=O)Cc3ccccc3)nn2)cc1. The molecule has 1 atom stereocenters. The van der Waals surface area contributed by atoms with Gasteiger partial charge in [0, 0.05) is 18.2 Å². The average Bonchev–Trinajstić information content (AvgIpc) is 3.22. The van der Waals surface area contributed by atoms with Gasteiger partial charge in [0.2, 0.25) is 9.84 Å². The Labute approximate surface area is 190 Å². The second-order valence-electron chi connectivity index (χ2n) is 8.26. The molecule has 0 radical (unpaired) electrons. The molecule has 0 bridgehead atoms. The van der Waals surface area contributed by atoms with Crippen molar-refractivity contribution in [3.8, 4) is 17.0 Å². The molecule has 0 N–H and O–H groups in total. The number of sulfone groups is 1. The van der Waals surface area contributed by atoms with Crippen molar-refractivity contribution in [2.24, 2.45) is 0 Å². The molecular formula is C25H29N3O3S. The highest BCUT2D eigenvalue weighted by Gasteiger charge is 2.19. The summed E-state index contributed by atoms with van der Waals surface area (Å²) in [6, 6.07) is 20.6. The first-order valence-electron chi connectivity index (χ1n) is 11.1. The molecule has 0 spiro atoms. The van der Waals surface area contributed by atoms with Crippen LogP contribution in [0.25, 0.3) is 11.3 Å². The first-order chi connectivity index (χ1) is 15.5. The van der Waals surface area contributed by atoms with Gasteiger partial charge in [-0.2, -0.15) is 0 Å². The van der Waals surface area contributed by atoms with E-state index in [0.29, 0.717) is 18.3 Å². The summed E-state index contributed by atoms with van der Waals surface area (Å²) in [4.78, 5) is 2.52. The number of ether oxygens (including phenoxy) is 1. The van der Waals surface area contributed by atoms with Crippen molar-refractivity contribution in [1.82, 2.24) is 15.1 Å². The number of aromatic nitrogens is 2. The molecule has 1 aliphatic heterocycles. The molecule has 0 aliphatic carbocycles. The number of likely N-dealkylation sites (tertiary alicyclic amines) is 1. The van der Waals surface area contributed by atoms with Crippen molar-refractivity contribution >= 4 is 9.84 Å². The summed E-state index contributed by atoms with van der Waals surface area (Å²) in [5.74, 6) is 0.725. The minimum atomic E-state index is -3.54. The first kappa shape index (κ1) is 22.4. The summed E-state index contributed by atoms with van der Waals surface area (Å²) in [5, 5.41) is 8.10. The fraction of sp³-hybridized carbons (Fsp3) is 0.360. The van der Waals surface area contributed by atoms with Gasteiger partial charge in [0.15, 0.2) is 5.03 Å². The Bertz CT molecular complexity index is 1100. The maximum atomic E-state index is 12.6. The van der Waals surface area contributed by atoms with Gasteiger partial charge in [0.25, 0.3) is 0 Å². The van der Waals surface area contributed by atoms with Crippen LogP contribution in [0, 0.1) is 0 Å². The smallest absolute Gasteiger partial charge is 0.201 e. The van der Waals surface area contributed by atoms with Crippen LogP contribution in [0.4, 0.5) is 0 Å². The lowest BCUT2D eigenvalue weighted by Gasteiger charge is -2.20. The lowest BCUT2D eigenvalue weighted by Crippen LogP contribution is -2.28. The minimum Gasteiger partial charge on any atom is -0.494 e. The van der Waals surface area contributed by atoms with Gasteiger partial charge in [0.05, 0.1) is 18.1 Å². The lowest BCUT2D eigenvalue weighted by atomic mass is 10.1. The third kappa shape index (κ3) is 5.72. The molecule has 32 heavy (non-hydrogen) atoms. The molecule has 1 aliphatic rings. The summed E-state index contributed by atoms with van der Waals surface area (Å²) >= 11 is 0. The van der Waals surface area contributed by atoms with E-state index in [1.54, 1.807) is 18.2 Å². The predicted octanol–water partition coefficient (Wildman–Crippen LogP) is 4.37. The third-order valence-electron chi connectivity index (χ3n) is 5.86. The van der Waals surface area contributed by atoms with Gasteiger partial charge in [-0.1, -0.05) is 30.3 Å². The molecule has 2 heterocycles. The van der Waals surface area contributed by atoms with Crippen LogP contribution in [0.1, 0.15) is 31.7 Å². The van der Waals surface area contributed by atoms with Crippen LogP contribution >= 0.6 is 0 Å². The Kier molecular flexibility index (Phi) is 7.17. The molecule has 0 amide bonds. The van der Waals surface area contributed by atoms with E-state index in [1.807, 2.05) is 42.5 Å². The van der Waals surface area contributed by atoms with Crippen molar-refractivity contribution in [3.05, 3.63) is 72.3 Å². The Balaban J connectivity index is 1.32. The highest BCUT2D eigenvalue weighted by atomic mass is 32.2. The van der Waals surface area contributed by atoms with Crippen molar-refractivity contribution < 1.29 is 13.2 Å². The van der Waals surface area contributed by atoms with Gasteiger partial charge >= 0.3 is 0 Å². The van der Waals surface area contributed by atoms with Crippen molar-refractivity contribution in [3.63, 3.8) is 0 Å². The van der Waals surface area contributed by atoms with Gasteiger partial charge < -0.3 is 9.64 Å². The number of hydrogen-bond donors (Lipinski definition) is 0. The summed E-state index contributed by atoms with van der Waals surface area (Å²) in [6.07, 6.45) is 3.61. The minimum absolute atomic E-state index is 0.0163. The summed E-state index contributed by atoms with van der Waals surface area (Å²) in [6.45, 7) is 5.26. The molecule has 7 heteroatoms. The van der Waals surface area contributed by atoms with Crippen LogP contribution in [0.3, 0.4) is 0 Å². The van der Waals surface area contributed by atoms with E-state index in [2.05, 4.69) is 22.0 Å². The maximum Gasteiger partial charge on any atom is 0.201 e. The summed E-state index contributed by atoms with van der Waals surface area (Å²) in [7, 11) is -3.54. The first-order valence-corrected chi connectivity index (χ1v) is 12.7. The van der Waals surface area contributed by atoms with Crippen LogP contribution in [-0.4, -0.2) is 49.3 Å². The third-order valence-corrected chi connectivity index (χ3v) is 7.43. The monoisotopic (exact) mass is 451 g/mol. The number of nitrogens with zero attached hydrogens (tertiary/aromatic N) is 3. The fourth-order valence-corrected chi connectivity index (χ4v) is 5.23. The lowest BCUT2D eigenvalue weighted by molar-refractivity contribution is 0.230. The molecule has 0 saturated carbocycles. The van der Waals surface area contributed by atoms with Gasteiger partial charge in [-0.05, 0) is 74.7 Å². The standard InChI is InChI=1S/C25H29N3O3S/c1-20-7-5-16-28(20)17-6-18-31-23-12-10-22(11-13-23)24-14-15-25(27-26-24)32(29,30)19-21-8-3-2-4-9-21/h2-4,8-15,20H,5-7,16-19H2,1H3/t20-/m1/s1. The molecule has 3 aromatic rings. The molecule has 168 valence electrons. The van der Waals surface area contributed by atoms with Crippen molar-refractivity contribution in [1.29, 1.82) is 0 Å². The highest BCUT2D eigenvalue weighted by Crippen LogP contribution is 2.22. The van der Waals surface area contributed by atoms with E-state index < -0.39 is 9.84 Å². The van der Waals surface area contributed by atoms with E-state index in [0.717, 1.165) is 29.8 Å². The van der Waals surface area contributed by atoms with Crippen molar-refractivity contribution in [2.75, 3.05) is 19.7 Å². The number of hydrogen-bond acceptors (Lipinski definition) is 6. The zero-order chi connectivity index (χ0) is 22.4. The molecule has 6 nitrogen and oxygen atoms in total. The Morgan fingerprint density at radius 2 is 1.78 bits per heavy atom. The maximum absolute atomic E-state index is 12.6. The number of benzene rings is 2. The molecule has 1 fully saturated rings. The zero-order valence-corrected chi connectivity index (χ0v) is 19.2. The summed E-state index contributed by atoms with van der Waals surface area (Å²) in [5.41, 5.74) is 2.21. The average molecular weight is 452 g/mol. The van der Waals surface area contributed by atoms with Gasteiger partial charge in [-0.3, -0.25) is 0 Å². The summed E-state index contributed by atoms with van der Waals surface area (Å²) < 4.78 is 31.1. The normalized spacial score (nSPS) is 16.8. The Morgan fingerprint density at radius 1 is 1.00 bits per heavy atom. The zero-order valence-electron chi connectivity index (χ0n) is 18.4. The number of rotatable bonds is 9. The molecule has 1 aromatic heterocycles. The second-order valence-corrected chi connectivity index (χ2v) is 10.2. The Hall–Kier alpha value is -2.77. The van der Waals surface area contributed by atoms with Crippen LogP contribution in [-0.2, 0) is 15.6 Å². The van der Waals surface area contributed by atoms with Crippen LogP contribution < -0.4 is 4.74 Å². The van der Waals surface area contributed by atoms with E-state index in [-0.39, 0.29) is 10.8 Å². The van der Waals surface area contributed by atoms with Crippen LogP contribution in [0.2, 0.25) is 0 Å². The molecule has 4 rings (SSSR count). The molecular weight excluding hydrogens is 422 g/mol. The van der Waals surface area contributed by atoms with Crippen molar-refractivity contribution in [2.45, 2.75) is 43.0 Å². The Morgan fingerprint density at radius 3 is 2.44 bits per heavy atom. The fourth-order valence-electron chi connectivity index (χ4n) is 4.01. The highest BCUT2D eigenvalue weighted by molar-refractivity contribution is 7.90. The van der Waals surface area contributed by atoms with Crippen LogP contribution in [0.5, 0.6) is 5.75 Å². The van der Waals surface area contributed by atoms with Crippen LogP contribution in [0.15, 0.2) is 71.8 Å². The topological polar surface area (TPSA) is 72.4 Å². The predicted molar refractivity (Wildman–Crippen MR) is 125 cm³/mol. The van der Waals surface area contributed by atoms with Gasteiger partial charge in [-0.15, -0.1) is 10.2 Å². The quantitative estimate of drug-likeness (QED) is 0.450. The van der Waals surface area contributed by atoms with E-state index in [1.165, 1.54) is 25.5 Å².